The van der Waals surface area contributed by atoms with Crippen molar-refractivity contribution in [2.45, 2.75) is 12.8 Å². The molecule has 2 N–H and O–H groups in total. The third-order valence-electron chi connectivity index (χ3n) is 2.39. The summed E-state index contributed by atoms with van der Waals surface area (Å²) in [6, 6.07) is 3.97. The van der Waals surface area contributed by atoms with E-state index in [-0.39, 0.29) is 5.56 Å². The van der Waals surface area contributed by atoms with Crippen LogP contribution >= 0.6 is 0 Å². The summed E-state index contributed by atoms with van der Waals surface area (Å²) in [5, 5.41) is 6.18. The first kappa shape index (κ1) is 13.1. The zero-order valence-electron chi connectivity index (χ0n) is 9.52. The van der Waals surface area contributed by atoms with Gasteiger partial charge in [-0.2, -0.15) is 0 Å². The smallest absolute Gasteiger partial charge is 0.129 e. The van der Waals surface area contributed by atoms with Crippen molar-refractivity contribution in [1.29, 1.82) is 0 Å². The molecule has 0 aliphatic carbocycles. The number of nitrogens with one attached hydrogen (secondary N) is 2. The summed E-state index contributed by atoms with van der Waals surface area (Å²) < 4.78 is 26.4. The van der Waals surface area contributed by atoms with E-state index < -0.39 is 11.6 Å². The van der Waals surface area contributed by atoms with Crippen LogP contribution in [0.2, 0.25) is 0 Å². The Hall–Kier alpha value is -1.00. The lowest BCUT2D eigenvalue weighted by molar-refractivity contribution is 0.543. The summed E-state index contributed by atoms with van der Waals surface area (Å²) in [6.45, 7) is 2.40. The van der Waals surface area contributed by atoms with E-state index in [0.29, 0.717) is 13.0 Å². The first-order valence-electron chi connectivity index (χ1n) is 5.54. The predicted molar refractivity (Wildman–Crippen MR) is 61.5 cm³/mol. The van der Waals surface area contributed by atoms with Crippen molar-refractivity contribution >= 4 is 0 Å². The van der Waals surface area contributed by atoms with Gasteiger partial charge in [-0.15, -0.1) is 0 Å². The van der Waals surface area contributed by atoms with E-state index in [2.05, 4.69) is 10.6 Å². The third-order valence-corrected chi connectivity index (χ3v) is 2.39. The first-order chi connectivity index (χ1) is 7.75. The molecule has 90 valence electrons. The maximum atomic E-state index is 13.2. The summed E-state index contributed by atoms with van der Waals surface area (Å²) in [5.74, 6) is -0.922. The fourth-order valence-electron chi connectivity index (χ4n) is 1.50. The number of hydrogen-bond acceptors (Lipinski definition) is 2. The zero-order valence-corrected chi connectivity index (χ0v) is 9.52. The Labute approximate surface area is 95.1 Å². The molecule has 0 heterocycles. The molecule has 0 fully saturated rings. The van der Waals surface area contributed by atoms with Gasteiger partial charge in [0.25, 0.3) is 0 Å². The lowest BCUT2D eigenvalue weighted by Crippen LogP contribution is -2.22. The Kier molecular flexibility index (Phi) is 5.96. The van der Waals surface area contributed by atoms with Crippen LogP contribution in [0.3, 0.4) is 0 Å². The number of halogens is 2. The highest BCUT2D eigenvalue weighted by Gasteiger charge is 2.06. The highest BCUT2D eigenvalue weighted by Crippen LogP contribution is 2.11. The van der Waals surface area contributed by atoms with Crippen molar-refractivity contribution in [2.24, 2.45) is 0 Å². The summed E-state index contributed by atoms with van der Waals surface area (Å²) in [6.07, 6.45) is 1.40. The highest BCUT2D eigenvalue weighted by atomic mass is 19.1. The molecule has 0 aliphatic heterocycles. The van der Waals surface area contributed by atoms with Crippen molar-refractivity contribution in [3.63, 3.8) is 0 Å². The monoisotopic (exact) mass is 228 g/mol. The second kappa shape index (κ2) is 7.30. The van der Waals surface area contributed by atoms with Gasteiger partial charge in [-0.25, -0.2) is 8.78 Å². The second-order valence-electron chi connectivity index (χ2n) is 3.66. The van der Waals surface area contributed by atoms with Gasteiger partial charge in [-0.3, -0.25) is 0 Å². The van der Waals surface area contributed by atoms with Crippen molar-refractivity contribution < 1.29 is 8.78 Å². The van der Waals surface area contributed by atoms with Crippen LogP contribution in [0.5, 0.6) is 0 Å². The highest BCUT2D eigenvalue weighted by molar-refractivity contribution is 5.19. The normalized spacial score (nSPS) is 10.7. The average Bonchev–Trinajstić information content (AvgIpc) is 2.26. The Balaban J connectivity index is 2.26. The minimum Gasteiger partial charge on any atom is -0.320 e. The molecule has 1 aromatic carbocycles. The maximum absolute atomic E-state index is 13.2. The Morgan fingerprint density at radius 3 is 2.38 bits per heavy atom. The fraction of sp³-hybridized carbons (Fsp3) is 0.500. The third kappa shape index (κ3) is 4.24. The fourth-order valence-corrected chi connectivity index (χ4v) is 1.50. The quantitative estimate of drug-likeness (QED) is 0.694. The van der Waals surface area contributed by atoms with Crippen molar-refractivity contribution in [3.05, 3.63) is 35.4 Å². The van der Waals surface area contributed by atoms with Gasteiger partial charge in [-0.05, 0) is 51.7 Å². The number of rotatable bonds is 7. The van der Waals surface area contributed by atoms with E-state index >= 15 is 0 Å². The first-order valence-corrected chi connectivity index (χ1v) is 5.54. The molecule has 1 aromatic rings. The largest absolute Gasteiger partial charge is 0.320 e. The molecular weight excluding hydrogens is 210 g/mol. The van der Waals surface area contributed by atoms with E-state index in [4.69, 9.17) is 0 Å². The van der Waals surface area contributed by atoms with Crippen molar-refractivity contribution in [3.8, 4) is 0 Å². The van der Waals surface area contributed by atoms with Gasteiger partial charge in [0, 0.05) is 5.56 Å². The van der Waals surface area contributed by atoms with Crippen molar-refractivity contribution in [2.75, 3.05) is 26.7 Å². The topological polar surface area (TPSA) is 24.1 Å². The van der Waals surface area contributed by atoms with Crippen LogP contribution < -0.4 is 10.6 Å². The van der Waals surface area contributed by atoms with E-state index in [1.807, 2.05) is 7.05 Å². The van der Waals surface area contributed by atoms with Gasteiger partial charge in [0.1, 0.15) is 11.6 Å². The van der Waals surface area contributed by atoms with Gasteiger partial charge in [0.2, 0.25) is 0 Å². The standard InChI is InChI=1S/C12H18F2N2/c1-15-7-3-8-16-9-6-10-11(13)4-2-5-12(10)14/h2,4-5,15-16H,3,6-9H2,1H3. The molecule has 0 aromatic heterocycles. The molecule has 0 bridgehead atoms. The second-order valence-corrected chi connectivity index (χ2v) is 3.66. The SMILES string of the molecule is CNCCCNCCc1c(F)cccc1F. The Bertz CT molecular complexity index is 296. The van der Waals surface area contributed by atoms with Crippen LogP contribution in [0.25, 0.3) is 0 Å². The molecule has 4 heteroatoms. The molecule has 0 amide bonds. The lowest BCUT2D eigenvalue weighted by atomic mass is 10.1. The molecule has 16 heavy (non-hydrogen) atoms. The summed E-state index contributed by atoms with van der Waals surface area (Å²) in [4.78, 5) is 0. The maximum Gasteiger partial charge on any atom is 0.129 e. The molecule has 0 unspecified atom stereocenters. The van der Waals surface area contributed by atoms with Crippen LogP contribution in [-0.2, 0) is 6.42 Å². The van der Waals surface area contributed by atoms with Gasteiger partial charge >= 0.3 is 0 Å². The van der Waals surface area contributed by atoms with Gasteiger partial charge < -0.3 is 10.6 Å². The van der Waals surface area contributed by atoms with E-state index in [1.165, 1.54) is 18.2 Å². The van der Waals surface area contributed by atoms with Crippen LogP contribution in [0, 0.1) is 11.6 Å². The lowest BCUT2D eigenvalue weighted by Gasteiger charge is -2.06. The minimum atomic E-state index is -0.461. The number of benzene rings is 1. The van der Waals surface area contributed by atoms with Gasteiger partial charge in [0.05, 0.1) is 0 Å². The van der Waals surface area contributed by atoms with Crippen LogP contribution in [0.15, 0.2) is 18.2 Å². The summed E-state index contributed by atoms with van der Waals surface area (Å²) in [5.41, 5.74) is 0.170. The molecule has 0 atom stereocenters. The van der Waals surface area contributed by atoms with Crippen LogP contribution in [0.1, 0.15) is 12.0 Å². The number of hydrogen-bond donors (Lipinski definition) is 2. The average molecular weight is 228 g/mol. The molecule has 2 nitrogen and oxygen atoms in total. The predicted octanol–water partition coefficient (Wildman–Crippen LogP) is 1.71. The molecule has 0 spiro atoms. The molecular formula is C12H18F2N2. The van der Waals surface area contributed by atoms with Gasteiger partial charge in [-0.1, -0.05) is 6.07 Å². The molecule has 0 saturated carbocycles. The molecule has 0 aliphatic rings. The Morgan fingerprint density at radius 2 is 1.75 bits per heavy atom. The van der Waals surface area contributed by atoms with E-state index in [9.17, 15) is 8.78 Å². The molecule has 0 saturated heterocycles. The summed E-state index contributed by atoms with van der Waals surface area (Å²) in [7, 11) is 1.90. The van der Waals surface area contributed by atoms with Crippen LogP contribution in [0.4, 0.5) is 8.78 Å². The van der Waals surface area contributed by atoms with E-state index in [1.54, 1.807) is 0 Å². The van der Waals surface area contributed by atoms with Crippen LogP contribution in [-0.4, -0.2) is 26.7 Å². The van der Waals surface area contributed by atoms with E-state index in [0.717, 1.165) is 19.5 Å². The Morgan fingerprint density at radius 1 is 1.06 bits per heavy atom. The minimum absolute atomic E-state index is 0.170. The zero-order chi connectivity index (χ0) is 11.8. The molecule has 1 rings (SSSR count). The van der Waals surface area contributed by atoms with Crippen molar-refractivity contribution in [1.82, 2.24) is 10.6 Å². The summed E-state index contributed by atoms with van der Waals surface area (Å²) >= 11 is 0. The van der Waals surface area contributed by atoms with Gasteiger partial charge in [0.15, 0.2) is 0 Å². The molecule has 0 radical (unpaired) electrons.